The van der Waals surface area contributed by atoms with Crippen LogP contribution in [0.3, 0.4) is 0 Å². The largest absolute Gasteiger partial charge is 0.379 e. The van der Waals surface area contributed by atoms with E-state index in [4.69, 9.17) is 0 Å². The second-order valence-corrected chi connectivity index (χ2v) is 5.33. The number of nitro groups is 1. The second-order valence-electron chi connectivity index (χ2n) is 5.33. The van der Waals surface area contributed by atoms with E-state index < -0.39 is 0 Å². The number of anilines is 1. The summed E-state index contributed by atoms with van der Waals surface area (Å²) in [6.45, 7) is 3.07. The lowest BCUT2D eigenvalue weighted by atomic mass is 9.81. The van der Waals surface area contributed by atoms with Gasteiger partial charge in [0.05, 0.1) is 4.92 Å². The zero-order valence-corrected chi connectivity index (χ0v) is 11.3. The molecule has 104 valence electrons. The summed E-state index contributed by atoms with van der Waals surface area (Å²) < 4.78 is 0. The van der Waals surface area contributed by atoms with Crippen molar-refractivity contribution in [2.75, 3.05) is 11.9 Å². The molecule has 1 fully saturated rings. The van der Waals surface area contributed by atoms with Crippen molar-refractivity contribution in [2.45, 2.75) is 39.0 Å². The van der Waals surface area contributed by atoms with Crippen molar-refractivity contribution in [3.8, 4) is 0 Å². The summed E-state index contributed by atoms with van der Waals surface area (Å²) in [5.41, 5.74) is 0.641. The van der Waals surface area contributed by atoms with Crippen LogP contribution in [-0.4, -0.2) is 16.5 Å². The minimum Gasteiger partial charge on any atom is -0.379 e. The molecule has 1 N–H and O–H groups in total. The highest BCUT2D eigenvalue weighted by molar-refractivity contribution is 5.59. The fourth-order valence-corrected chi connectivity index (χ4v) is 2.78. The minimum absolute atomic E-state index is 0.0599. The predicted molar refractivity (Wildman–Crippen MR) is 75.1 cm³/mol. The lowest BCUT2D eigenvalue weighted by Crippen LogP contribution is -2.21. The second kappa shape index (κ2) is 6.50. The lowest BCUT2D eigenvalue weighted by Gasteiger charge is -2.28. The monoisotopic (exact) mass is 263 g/mol. The first-order chi connectivity index (χ1) is 9.20. The van der Waals surface area contributed by atoms with Crippen molar-refractivity contribution >= 4 is 11.4 Å². The first kappa shape index (κ1) is 13.8. The Morgan fingerprint density at radius 1 is 1.37 bits per heavy atom. The average Bonchev–Trinajstić information content (AvgIpc) is 2.46. The van der Waals surface area contributed by atoms with Crippen molar-refractivity contribution in [1.82, 2.24) is 4.98 Å². The number of hydrogen-bond donors (Lipinski definition) is 1. The Kier molecular flexibility index (Phi) is 4.71. The maximum absolute atomic E-state index is 10.9. The van der Waals surface area contributed by atoms with Crippen molar-refractivity contribution in [2.24, 2.45) is 11.8 Å². The average molecular weight is 263 g/mol. The number of rotatable bonds is 5. The smallest absolute Gasteiger partial charge is 0.310 e. The SMILES string of the molecule is CCC1CCC(CNc2ccncc2[N+](=O)[O-])CC1. The third kappa shape index (κ3) is 3.66. The molecule has 5 nitrogen and oxygen atoms in total. The molecule has 1 aromatic heterocycles. The van der Waals surface area contributed by atoms with E-state index in [0.29, 0.717) is 11.6 Å². The van der Waals surface area contributed by atoms with Crippen molar-refractivity contribution in [3.63, 3.8) is 0 Å². The molecule has 0 spiro atoms. The Hall–Kier alpha value is -1.65. The van der Waals surface area contributed by atoms with Crippen LogP contribution < -0.4 is 5.32 Å². The molecule has 0 unspecified atom stereocenters. The van der Waals surface area contributed by atoms with E-state index in [1.165, 1.54) is 38.3 Å². The first-order valence-electron chi connectivity index (χ1n) is 7.03. The summed E-state index contributed by atoms with van der Waals surface area (Å²) >= 11 is 0. The Morgan fingerprint density at radius 2 is 2.05 bits per heavy atom. The highest BCUT2D eigenvalue weighted by Gasteiger charge is 2.21. The van der Waals surface area contributed by atoms with Crippen molar-refractivity contribution in [3.05, 3.63) is 28.6 Å². The van der Waals surface area contributed by atoms with Gasteiger partial charge in [-0.3, -0.25) is 15.1 Å². The van der Waals surface area contributed by atoms with Crippen LogP contribution in [-0.2, 0) is 0 Å². The first-order valence-corrected chi connectivity index (χ1v) is 7.03. The molecule has 1 heterocycles. The van der Waals surface area contributed by atoms with Gasteiger partial charge >= 0.3 is 5.69 Å². The Labute approximate surface area is 113 Å². The predicted octanol–water partition coefficient (Wildman–Crippen LogP) is 3.62. The van der Waals surface area contributed by atoms with E-state index in [0.717, 1.165) is 12.5 Å². The summed E-state index contributed by atoms with van der Waals surface area (Å²) in [6.07, 6.45) is 9.20. The van der Waals surface area contributed by atoms with Crippen LogP contribution in [0, 0.1) is 22.0 Å². The fraction of sp³-hybridized carbons (Fsp3) is 0.643. The quantitative estimate of drug-likeness (QED) is 0.650. The molecule has 19 heavy (non-hydrogen) atoms. The zero-order chi connectivity index (χ0) is 13.7. The molecule has 1 saturated carbocycles. The van der Waals surface area contributed by atoms with Crippen molar-refractivity contribution < 1.29 is 4.92 Å². The van der Waals surface area contributed by atoms with E-state index in [2.05, 4.69) is 17.2 Å². The summed E-state index contributed by atoms with van der Waals surface area (Å²) in [5.74, 6) is 1.52. The van der Waals surface area contributed by atoms with Crippen LogP contribution in [0.2, 0.25) is 0 Å². The van der Waals surface area contributed by atoms with Crippen LogP contribution in [0.5, 0.6) is 0 Å². The molecule has 0 atom stereocenters. The minimum atomic E-state index is -0.386. The Morgan fingerprint density at radius 3 is 2.68 bits per heavy atom. The molecule has 0 saturated heterocycles. The number of hydrogen-bond acceptors (Lipinski definition) is 4. The normalized spacial score (nSPS) is 23.0. The Balaban J connectivity index is 1.88. The molecule has 0 amide bonds. The van der Waals surface area contributed by atoms with Crippen molar-refractivity contribution in [1.29, 1.82) is 0 Å². The van der Waals surface area contributed by atoms with E-state index in [9.17, 15) is 10.1 Å². The molecule has 1 aliphatic carbocycles. The molecule has 1 aromatic rings. The fourth-order valence-electron chi connectivity index (χ4n) is 2.78. The Bertz CT molecular complexity index is 428. The molecular weight excluding hydrogens is 242 g/mol. The lowest BCUT2D eigenvalue weighted by molar-refractivity contribution is -0.384. The number of nitrogens with zero attached hydrogens (tertiary/aromatic N) is 2. The van der Waals surface area contributed by atoms with E-state index in [-0.39, 0.29) is 10.6 Å². The van der Waals surface area contributed by atoms with E-state index in [1.807, 2.05) is 0 Å². The van der Waals surface area contributed by atoms with Gasteiger partial charge in [-0.05, 0) is 30.7 Å². The standard InChI is InChI=1S/C14H21N3O2/c1-2-11-3-5-12(6-4-11)9-16-13-7-8-15-10-14(13)17(18)19/h7-8,10-12H,2-6,9H2,1H3,(H,15,16). The molecule has 0 bridgehead atoms. The van der Waals surface area contributed by atoms with Crippen LogP contribution in [0.25, 0.3) is 0 Å². The number of pyridine rings is 1. The molecule has 2 rings (SSSR count). The molecule has 1 aliphatic rings. The van der Waals surface area contributed by atoms with Gasteiger partial charge in [0.1, 0.15) is 11.9 Å². The summed E-state index contributed by atoms with van der Waals surface area (Å²) in [6, 6.07) is 1.68. The van der Waals surface area contributed by atoms with Gasteiger partial charge in [-0.25, -0.2) is 0 Å². The molecule has 5 heteroatoms. The van der Waals surface area contributed by atoms with E-state index >= 15 is 0 Å². The third-order valence-corrected chi connectivity index (χ3v) is 4.12. The topological polar surface area (TPSA) is 68.1 Å². The molecule has 0 aromatic carbocycles. The number of aromatic nitrogens is 1. The van der Waals surface area contributed by atoms with Gasteiger partial charge in [-0.1, -0.05) is 26.2 Å². The molecular formula is C14H21N3O2. The molecule has 0 aliphatic heterocycles. The van der Waals surface area contributed by atoms with Gasteiger partial charge < -0.3 is 5.32 Å². The van der Waals surface area contributed by atoms with Crippen LogP contribution in [0.1, 0.15) is 39.0 Å². The maximum atomic E-state index is 10.9. The number of nitrogens with one attached hydrogen (secondary N) is 1. The highest BCUT2D eigenvalue weighted by Crippen LogP contribution is 2.31. The van der Waals surface area contributed by atoms with Gasteiger partial charge in [-0.15, -0.1) is 0 Å². The van der Waals surface area contributed by atoms with Gasteiger partial charge in [0.15, 0.2) is 0 Å². The zero-order valence-electron chi connectivity index (χ0n) is 11.3. The summed E-state index contributed by atoms with van der Waals surface area (Å²) in [5, 5.41) is 14.1. The van der Waals surface area contributed by atoms with Gasteiger partial charge in [0.25, 0.3) is 0 Å². The van der Waals surface area contributed by atoms with Crippen LogP contribution >= 0.6 is 0 Å². The maximum Gasteiger partial charge on any atom is 0.310 e. The highest BCUT2D eigenvalue weighted by atomic mass is 16.6. The van der Waals surface area contributed by atoms with E-state index in [1.54, 1.807) is 12.3 Å². The van der Waals surface area contributed by atoms with Crippen LogP contribution in [0.15, 0.2) is 18.5 Å². The van der Waals surface area contributed by atoms with Gasteiger partial charge in [0.2, 0.25) is 0 Å². The van der Waals surface area contributed by atoms with Gasteiger partial charge in [0, 0.05) is 12.7 Å². The molecule has 0 radical (unpaired) electrons. The third-order valence-electron chi connectivity index (χ3n) is 4.12. The summed E-state index contributed by atoms with van der Waals surface area (Å²) in [7, 11) is 0. The summed E-state index contributed by atoms with van der Waals surface area (Å²) in [4.78, 5) is 14.3. The van der Waals surface area contributed by atoms with Gasteiger partial charge in [-0.2, -0.15) is 0 Å². The van der Waals surface area contributed by atoms with Crippen LogP contribution in [0.4, 0.5) is 11.4 Å².